The average molecular weight is 474 g/mol. The maximum absolute atomic E-state index is 5.61. The fourth-order valence-electron chi connectivity index (χ4n) is 4.29. The number of aryl methyl sites for hydroxylation is 2. The highest BCUT2D eigenvalue weighted by atomic mass is 32.2. The molecule has 2 aromatic carbocycles. The number of thioether (sulfide) groups is 1. The van der Waals surface area contributed by atoms with E-state index in [1.165, 1.54) is 11.1 Å². The molecule has 6 nitrogen and oxygen atoms in total. The van der Waals surface area contributed by atoms with Gasteiger partial charge in [-0.25, -0.2) is 15.0 Å². The summed E-state index contributed by atoms with van der Waals surface area (Å²) in [7, 11) is 0. The third-order valence-corrected chi connectivity index (χ3v) is 7.10. The van der Waals surface area contributed by atoms with Crippen LogP contribution in [-0.2, 0) is 24.1 Å². The lowest BCUT2D eigenvalue weighted by atomic mass is 10.1. The van der Waals surface area contributed by atoms with Crippen LogP contribution in [0, 0.1) is 0 Å². The number of imidazole rings is 1. The second-order valence-corrected chi connectivity index (χ2v) is 9.60. The van der Waals surface area contributed by atoms with Gasteiger partial charge in [0.1, 0.15) is 5.82 Å². The average Bonchev–Trinajstić information content (AvgIpc) is 3.24. The molecular weight excluding hydrogens is 442 g/mol. The number of rotatable bonds is 9. The summed E-state index contributed by atoms with van der Waals surface area (Å²) in [6.45, 7) is 6.03. The van der Waals surface area contributed by atoms with Crippen molar-refractivity contribution in [3.05, 3.63) is 77.6 Å². The van der Waals surface area contributed by atoms with Gasteiger partial charge in [0.2, 0.25) is 0 Å². The van der Waals surface area contributed by atoms with Crippen molar-refractivity contribution in [1.29, 1.82) is 0 Å². The molecule has 0 N–H and O–H groups in total. The number of fused-ring (bicyclic) bond motifs is 1. The maximum Gasteiger partial charge on any atom is 0.191 e. The van der Waals surface area contributed by atoms with E-state index in [1.807, 2.05) is 0 Å². The number of hydrogen-bond acceptors (Lipinski definition) is 6. The lowest BCUT2D eigenvalue weighted by Crippen LogP contribution is -2.37. The number of benzene rings is 2. The zero-order valence-corrected chi connectivity index (χ0v) is 20.5. The Morgan fingerprint density at radius 1 is 0.853 bits per heavy atom. The minimum absolute atomic E-state index is 0.717. The molecule has 1 aliphatic heterocycles. The molecule has 1 aliphatic rings. The predicted octanol–water partition coefficient (Wildman–Crippen LogP) is 5.00. The predicted molar refractivity (Wildman–Crippen MR) is 139 cm³/mol. The first kappa shape index (κ1) is 22.9. The first-order chi connectivity index (χ1) is 16.8. The van der Waals surface area contributed by atoms with Crippen LogP contribution in [0.15, 0.2) is 65.8 Å². The Morgan fingerprint density at radius 3 is 2.26 bits per heavy atom. The minimum Gasteiger partial charge on any atom is -0.378 e. The van der Waals surface area contributed by atoms with Gasteiger partial charge in [0, 0.05) is 25.3 Å². The van der Waals surface area contributed by atoms with Gasteiger partial charge in [0.15, 0.2) is 22.1 Å². The Morgan fingerprint density at radius 2 is 1.56 bits per heavy atom. The zero-order valence-electron chi connectivity index (χ0n) is 19.7. The molecule has 1 saturated heterocycles. The van der Waals surface area contributed by atoms with Crippen molar-refractivity contribution >= 4 is 28.7 Å². The Labute approximate surface area is 205 Å². The highest BCUT2D eigenvalue weighted by Gasteiger charge is 2.23. The highest BCUT2D eigenvalue weighted by Crippen LogP contribution is 2.29. The summed E-state index contributed by atoms with van der Waals surface area (Å²) in [6.07, 6.45) is 2.88. The van der Waals surface area contributed by atoms with Crippen LogP contribution in [0.2, 0.25) is 0 Å². The van der Waals surface area contributed by atoms with E-state index in [2.05, 4.69) is 77.1 Å². The number of aromatic nitrogens is 4. The molecule has 0 amide bonds. The first-order valence-corrected chi connectivity index (χ1v) is 13.1. The van der Waals surface area contributed by atoms with E-state index in [-0.39, 0.29) is 0 Å². The van der Waals surface area contributed by atoms with Gasteiger partial charge in [-0.1, -0.05) is 79.3 Å². The molecule has 34 heavy (non-hydrogen) atoms. The molecule has 0 bridgehead atoms. The van der Waals surface area contributed by atoms with Crippen molar-refractivity contribution in [2.24, 2.45) is 0 Å². The van der Waals surface area contributed by atoms with Crippen LogP contribution in [0.4, 0.5) is 5.82 Å². The quantitative estimate of drug-likeness (QED) is 0.252. The lowest BCUT2D eigenvalue weighted by molar-refractivity contribution is 0.122. The fraction of sp³-hybridized carbons (Fsp3) is 0.370. The molecular formula is C27H31N5OS. The molecule has 0 aliphatic carbocycles. The van der Waals surface area contributed by atoms with E-state index in [9.17, 15) is 0 Å². The fourth-order valence-corrected chi connectivity index (χ4v) is 4.98. The normalized spacial score (nSPS) is 14.1. The Balaban J connectivity index is 1.59. The molecule has 0 saturated carbocycles. The van der Waals surface area contributed by atoms with Crippen molar-refractivity contribution in [3.63, 3.8) is 0 Å². The lowest BCUT2D eigenvalue weighted by Gasteiger charge is -2.28. The van der Waals surface area contributed by atoms with Crippen LogP contribution in [0.1, 0.15) is 30.3 Å². The summed E-state index contributed by atoms with van der Waals surface area (Å²) >= 11 is 1.73. The second kappa shape index (κ2) is 11.0. The van der Waals surface area contributed by atoms with E-state index in [0.29, 0.717) is 13.2 Å². The van der Waals surface area contributed by atoms with Crippen LogP contribution >= 0.6 is 11.8 Å². The van der Waals surface area contributed by atoms with E-state index in [1.54, 1.807) is 11.8 Å². The van der Waals surface area contributed by atoms with Crippen LogP contribution < -0.4 is 4.90 Å². The van der Waals surface area contributed by atoms with E-state index >= 15 is 0 Å². The number of hydrogen-bond donors (Lipinski definition) is 0. The highest BCUT2D eigenvalue weighted by molar-refractivity contribution is 7.99. The molecule has 0 radical (unpaired) electrons. The molecule has 0 atom stereocenters. The molecule has 5 rings (SSSR count). The minimum atomic E-state index is 0.717. The molecule has 176 valence electrons. The molecule has 0 spiro atoms. The van der Waals surface area contributed by atoms with Crippen molar-refractivity contribution in [1.82, 2.24) is 19.5 Å². The summed E-state index contributed by atoms with van der Waals surface area (Å²) in [6, 6.07) is 21.2. The van der Waals surface area contributed by atoms with E-state index < -0.39 is 0 Å². The first-order valence-electron chi connectivity index (χ1n) is 12.1. The number of nitrogens with zero attached hydrogens (tertiary/aromatic N) is 5. The summed E-state index contributed by atoms with van der Waals surface area (Å²) in [5.74, 6) is 3.01. The largest absolute Gasteiger partial charge is 0.378 e. The summed E-state index contributed by atoms with van der Waals surface area (Å²) in [4.78, 5) is 17.5. The van der Waals surface area contributed by atoms with Gasteiger partial charge in [-0.15, -0.1) is 0 Å². The molecule has 4 aromatic rings. The third kappa shape index (κ3) is 5.26. The van der Waals surface area contributed by atoms with Crippen LogP contribution in [0.3, 0.4) is 0 Å². The summed E-state index contributed by atoms with van der Waals surface area (Å²) in [5.41, 5.74) is 4.40. The summed E-state index contributed by atoms with van der Waals surface area (Å²) < 4.78 is 7.91. The van der Waals surface area contributed by atoms with Crippen LogP contribution in [0.5, 0.6) is 0 Å². The van der Waals surface area contributed by atoms with Gasteiger partial charge in [-0.3, -0.25) is 0 Å². The van der Waals surface area contributed by atoms with E-state index in [4.69, 9.17) is 19.7 Å². The monoisotopic (exact) mass is 473 g/mol. The van der Waals surface area contributed by atoms with Crippen LogP contribution in [-0.4, -0.2) is 51.6 Å². The molecule has 2 aromatic heterocycles. The number of ether oxygens (including phenoxy) is 1. The topological polar surface area (TPSA) is 56.1 Å². The van der Waals surface area contributed by atoms with Gasteiger partial charge >= 0.3 is 0 Å². The molecule has 7 heteroatoms. The SMILES string of the molecule is CCCSc1nc(N2CCOCC2)c2nc(CCc3ccccc3)n(Cc3ccccc3)c2n1. The third-order valence-electron chi connectivity index (χ3n) is 6.04. The second-order valence-electron chi connectivity index (χ2n) is 8.54. The van der Waals surface area contributed by atoms with Gasteiger partial charge in [-0.2, -0.15) is 0 Å². The van der Waals surface area contributed by atoms with Crippen molar-refractivity contribution in [3.8, 4) is 0 Å². The van der Waals surface area contributed by atoms with Gasteiger partial charge in [-0.05, 0) is 24.0 Å². The van der Waals surface area contributed by atoms with Crippen molar-refractivity contribution in [2.45, 2.75) is 37.9 Å². The van der Waals surface area contributed by atoms with Crippen LogP contribution in [0.25, 0.3) is 11.2 Å². The number of morpholine rings is 1. The Hall–Kier alpha value is -2.90. The van der Waals surface area contributed by atoms with Gasteiger partial charge in [0.05, 0.1) is 19.8 Å². The van der Waals surface area contributed by atoms with Crippen molar-refractivity contribution in [2.75, 3.05) is 37.0 Å². The standard InChI is InChI=1S/C27H31N5OS/c1-2-19-34-27-29-25(31-15-17-33-18-16-31)24-26(30-27)32(20-22-11-7-4-8-12-22)23(28-24)14-13-21-9-5-3-6-10-21/h3-12H,2,13-20H2,1H3. The zero-order chi connectivity index (χ0) is 23.2. The molecule has 1 fully saturated rings. The molecule has 0 unspecified atom stereocenters. The molecule has 3 heterocycles. The maximum atomic E-state index is 5.61. The smallest absolute Gasteiger partial charge is 0.191 e. The number of anilines is 1. The Kier molecular flexibility index (Phi) is 7.41. The van der Waals surface area contributed by atoms with E-state index in [0.717, 1.165) is 72.6 Å². The van der Waals surface area contributed by atoms with Gasteiger partial charge < -0.3 is 14.2 Å². The Bertz CT molecular complexity index is 1210. The van der Waals surface area contributed by atoms with Crippen molar-refractivity contribution < 1.29 is 4.74 Å². The summed E-state index contributed by atoms with van der Waals surface area (Å²) in [5, 5.41) is 0.833. The van der Waals surface area contributed by atoms with Gasteiger partial charge in [0.25, 0.3) is 0 Å².